The molecular weight excluding hydrogens is 182 g/mol. The van der Waals surface area contributed by atoms with Crippen molar-refractivity contribution in [1.29, 1.82) is 0 Å². The Balaban J connectivity index is 3.41. The second-order valence-corrected chi connectivity index (χ2v) is 4.44. The van der Waals surface area contributed by atoms with Crippen LogP contribution in [0.25, 0.3) is 0 Å². The van der Waals surface area contributed by atoms with Crippen LogP contribution in [0.5, 0.6) is 0 Å². The fourth-order valence-electron chi connectivity index (χ4n) is 0.787. The first kappa shape index (κ1) is 13.2. The SMILES string of the molecule is CC(C)OC(=O)OCCNC(C)(C)C. The van der Waals surface area contributed by atoms with Crippen molar-refractivity contribution in [3.05, 3.63) is 0 Å². The molecule has 0 saturated carbocycles. The molecule has 0 heterocycles. The van der Waals surface area contributed by atoms with E-state index in [1.54, 1.807) is 13.8 Å². The van der Waals surface area contributed by atoms with Crippen molar-refractivity contribution in [2.45, 2.75) is 46.3 Å². The molecule has 0 spiro atoms. The van der Waals surface area contributed by atoms with Gasteiger partial charge in [-0.3, -0.25) is 0 Å². The zero-order valence-electron chi connectivity index (χ0n) is 9.72. The first-order valence-electron chi connectivity index (χ1n) is 4.90. The molecule has 1 N–H and O–H groups in total. The van der Waals surface area contributed by atoms with E-state index < -0.39 is 6.16 Å². The van der Waals surface area contributed by atoms with Gasteiger partial charge in [0, 0.05) is 12.1 Å². The Labute approximate surface area is 86.0 Å². The number of nitrogens with one attached hydrogen (secondary N) is 1. The van der Waals surface area contributed by atoms with Crippen molar-refractivity contribution in [3.8, 4) is 0 Å². The third-order valence-electron chi connectivity index (χ3n) is 1.31. The Morgan fingerprint density at radius 3 is 2.36 bits per heavy atom. The maximum Gasteiger partial charge on any atom is 0.508 e. The van der Waals surface area contributed by atoms with Gasteiger partial charge in [0.05, 0.1) is 6.10 Å². The number of ether oxygens (including phenoxy) is 2. The fraction of sp³-hybridized carbons (Fsp3) is 0.900. The monoisotopic (exact) mass is 203 g/mol. The number of carbonyl (C=O) groups is 1. The highest BCUT2D eigenvalue weighted by molar-refractivity contribution is 5.59. The largest absolute Gasteiger partial charge is 0.508 e. The fourth-order valence-corrected chi connectivity index (χ4v) is 0.787. The third kappa shape index (κ3) is 9.32. The Hall–Kier alpha value is -0.770. The molecule has 0 aliphatic carbocycles. The minimum Gasteiger partial charge on any atom is -0.433 e. The zero-order chi connectivity index (χ0) is 11.2. The molecule has 0 aromatic heterocycles. The molecule has 0 amide bonds. The van der Waals surface area contributed by atoms with Crippen LogP contribution in [-0.4, -0.2) is 30.9 Å². The molecule has 0 atom stereocenters. The number of rotatable bonds is 4. The number of hydrogen-bond acceptors (Lipinski definition) is 4. The van der Waals surface area contributed by atoms with Crippen LogP contribution in [-0.2, 0) is 9.47 Å². The van der Waals surface area contributed by atoms with Gasteiger partial charge in [-0.25, -0.2) is 4.79 Å². The summed E-state index contributed by atoms with van der Waals surface area (Å²) in [6.07, 6.45) is -0.728. The Morgan fingerprint density at radius 1 is 1.36 bits per heavy atom. The molecule has 4 nitrogen and oxygen atoms in total. The Kier molecular flexibility index (Phi) is 5.53. The third-order valence-corrected chi connectivity index (χ3v) is 1.31. The highest BCUT2D eigenvalue weighted by Crippen LogP contribution is 1.97. The van der Waals surface area contributed by atoms with E-state index in [4.69, 9.17) is 9.47 Å². The van der Waals surface area contributed by atoms with Crippen LogP contribution >= 0.6 is 0 Å². The molecular formula is C10H21NO3. The maximum atomic E-state index is 10.9. The van der Waals surface area contributed by atoms with Gasteiger partial charge in [0.1, 0.15) is 6.61 Å². The zero-order valence-corrected chi connectivity index (χ0v) is 9.72. The quantitative estimate of drug-likeness (QED) is 0.560. The summed E-state index contributed by atoms with van der Waals surface area (Å²) in [5, 5.41) is 3.20. The molecule has 0 saturated heterocycles. The lowest BCUT2D eigenvalue weighted by Crippen LogP contribution is -2.38. The smallest absolute Gasteiger partial charge is 0.433 e. The van der Waals surface area contributed by atoms with E-state index in [1.807, 2.05) is 0 Å². The highest BCUT2D eigenvalue weighted by atomic mass is 16.7. The van der Waals surface area contributed by atoms with Gasteiger partial charge in [-0.15, -0.1) is 0 Å². The average molecular weight is 203 g/mol. The van der Waals surface area contributed by atoms with Crippen LogP contribution in [0.1, 0.15) is 34.6 Å². The Morgan fingerprint density at radius 2 is 1.93 bits per heavy atom. The summed E-state index contributed by atoms with van der Waals surface area (Å²) in [6.45, 7) is 10.7. The summed E-state index contributed by atoms with van der Waals surface area (Å²) in [5.74, 6) is 0. The van der Waals surface area contributed by atoms with E-state index in [9.17, 15) is 4.79 Å². The molecule has 0 fully saturated rings. The van der Waals surface area contributed by atoms with Crippen molar-refractivity contribution in [2.24, 2.45) is 0 Å². The molecule has 14 heavy (non-hydrogen) atoms. The highest BCUT2D eigenvalue weighted by Gasteiger charge is 2.09. The van der Waals surface area contributed by atoms with E-state index >= 15 is 0 Å². The van der Waals surface area contributed by atoms with E-state index in [1.165, 1.54) is 0 Å². The maximum absolute atomic E-state index is 10.9. The van der Waals surface area contributed by atoms with E-state index in [2.05, 4.69) is 26.1 Å². The molecule has 0 unspecified atom stereocenters. The van der Waals surface area contributed by atoms with Crippen LogP contribution in [0, 0.1) is 0 Å². The van der Waals surface area contributed by atoms with Crippen LogP contribution in [0.3, 0.4) is 0 Å². The van der Waals surface area contributed by atoms with Crippen molar-refractivity contribution in [2.75, 3.05) is 13.2 Å². The number of hydrogen-bond donors (Lipinski definition) is 1. The van der Waals surface area contributed by atoms with Gasteiger partial charge in [-0.05, 0) is 34.6 Å². The predicted octanol–water partition coefficient (Wildman–Crippen LogP) is 1.94. The minimum atomic E-state index is -0.601. The lowest BCUT2D eigenvalue weighted by molar-refractivity contribution is 0.0344. The summed E-state index contributed by atoms with van der Waals surface area (Å²) in [5.41, 5.74) is 0.0469. The molecule has 0 bridgehead atoms. The lowest BCUT2D eigenvalue weighted by Gasteiger charge is -2.20. The molecule has 0 radical (unpaired) electrons. The van der Waals surface area contributed by atoms with Crippen molar-refractivity contribution in [3.63, 3.8) is 0 Å². The summed E-state index contributed by atoms with van der Waals surface area (Å²) in [7, 11) is 0. The second kappa shape index (κ2) is 5.86. The van der Waals surface area contributed by atoms with Gasteiger partial charge >= 0.3 is 6.16 Å². The van der Waals surface area contributed by atoms with E-state index in [-0.39, 0.29) is 11.6 Å². The van der Waals surface area contributed by atoms with Crippen LogP contribution in [0.15, 0.2) is 0 Å². The van der Waals surface area contributed by atoms with Gasteiger partial charge in [-0.2, -0.15) is 0 Å². The number of carbonyl (C=O) groups excluding carboxylic acids is 1. The van der Waals surface area contributed by atoms with Gasteiger partial charge in [0.25, 0.3) is 0 Å². The van der Waals surface area contributed by atoms with Crippen molar-refractivity contribution in [1.82, 2.24) is 5.32 Å². The van der Waals surface area contributed by atoms with E-state index in [0.29, 0.717) is 13.2 Å². The molecule has 0 aliphatic heterocycles. The minimum absolute atomic E-state index is 0.0469. The average Bonchev–Trinajstić information content (AvgIpc) is 1.95. The van der Waals surface area contributed by atoms with Crippen molar-refractivity contribution < 1.29 is 14.3 Å². The van der Waals surface area contributed by atoms with Gasteiger partial charge in [0.2, 0.25) is 0 Å². The molecule has 0 rings (SSSR count). The van der Waals surface area contributed by atoms with Crippen molar-refractivity contribution >= 4 is 6.16 Å². The normalized spacial score (nSPS) is 11.6. The molecule has 84 valence electrons. The van der Waals surface area contributed by atoms with Gasteiger partial charge in [0.15, 0.2) is 0 Å². The predicted molar refractivity (Wildman–Crippen MR) is 55.3 cm³/mol. The molecule has 4 heteroatoms. The molecule has 0 aromatic rings. The topological polar surface area (TPSA) is 47.6 Å². The molecule has 0 aliphatic rings. The summed E-state index contributed by atoms with van der Waals surface area (Å²) >= 11 is 0. The summed E-state index contributed by atoms with van der Waals surface area (Å²) in [4.78, 5) is 10.9. The van der Waals surface area contributed by atoms with E-state index in [0.717, 1.165) is 0 Å². The Bertz CT molecular complexity index is 173. The first-order chi connectivity index (χ1) is 6.31. The van der Waals surface area contributed by atoms with Gasteiger partial charge in [-0.1, -0.05) is 0 Å². The summed E-state index contributed by atoms with van der Waals surface area (Å²) < 4.78 is 9.62. The van der Waals surface area contributed by atoms with Crippen LogP contribution in [0.2, 0.25) is 0 Å². The second-order valence-electron chi connectivity index (χ2n) is 4.44. The lowest BCUT2D eigenvalue weighted by atomic mass is 10.1. The standard InChI is InChI=1S/C10H21NO3/c1-8(2)14-9(12)13-7-6-11-10(3,4)5/h8,11H,6-7H2,1-5H3. The van der Waals surface area contributed by atoms with Crippen LogP contribution in [0.4, 0.5) is 4.79 Å². The summed E-state index contributed by atoms with van der Waals surface area (Å²) in [6, 6.07) is 0. The first-order valence-corrected chi connectivity index (χ1v) is 4.90. The molecule has 0 aromatic carbocycles. The van der Waals surface area contributed by atoms with Gasteiger partial charge < -0.3 is 14.8 Å². The van der Waals surface area contributed by atoms with Crippen LogP contribution < -0.4 is 5.32 Å².